The zero-order valence-corrected chi connectivity index (χ0v) is 13.0. The zero-order valence-electron chi connectivity index (χ0n) is 11.4. The van der Waals surface area contributed by atoms with Crippen LogP contribution in [0.3, 0.4) is 0 Å². The molecular formula is C14H16BrF2NO2. The standard InChI is InChI=1S/C14H16BrF2NO2/c1-14(2,3)18-12(19)7-4-9-8-10(15)5-6-11(9)20-13(16)17/h4-8,13H,1-3H3,(H,18,19)/b7-4+. The topological polar surface area (TPSA) is 38.3 Å². The zero-order chi connectivity index (χ0) is 15.3. The first-order valence-electron chi connectivity index (χ1n) is 5.92. The Hall–Kier alpha value is -1.43. The van der Waals surface area contributed by atoms with Crippen LogP contribution in [0.2, 0.25) is 0 Å². The van der Waals surface area contributed by atoms with E-state index < -0.39 is 6.61 Å². The lowest BCUT2D eigenvalue weighted by Gasteiger charge is -2.19. The van der Waals surface area contributed by atoms with Crippen molar-refractivity contribution < 1.29 is 18.3 Å². The number of nitrogens with one attached hydrogen (secondary N) is 1. The molecule has 0 unspecified atom stereocenters. The highest BCUT2D eigenvalue weighted by atomic mass is 79.9. The van der Waals surface area contributed by atoms with Crippen LogP contribution in [0.5, 0.6) is 5.75 Å². The lowest BCUT2D eigenvalue weighted by molar-refractivity contribution is -0.117. The van der Waals surface area contributed by atoms with E-state index in [9.17, 15) is 13.6 Å². The minimum absolute atomic E-state index is 0.0167. The molecule has 0 atom stereocenters. The number of halogens is 3. The van der Waals surface area contributed by atoms with Crippen LogP contribution >= 0.6 is 15.9 Å². The highest BCUT2D eigenvalue weighted by Gasteiger charge is 2.12. The molecule has 1 amide bonds. The number of carbonyl (C=O) groups is 1. The fourth-order valence-electron chi connectivity index (χ4n) is 1.43. The molecule has 0 aliphatic rings. The maximum atomic E-state index is 12.3. The van der Waals surface area contributed by atoms with Gasteiger partial charge in [-0.05, 0) is 45.0 Å². The highest BCUT2D eigenvalue weighted by molar-refractivity contribution is 9.10. The second-order valence-electron chi connectivity index (χ2n) is 5.13. The molecule has 0 saturated carbocycles. The molecule has 0 heterocycles. The van der Waals surface area contributed by atoms with Crippen molar-refractivity contribution in [2.45, 2.75) is 32.9 Å². The molecule has 0 aliphatic heterocycles. The SMILES string of the molecule is CC(C)(C)NC(=O)/C=C/c1cc(Br)ccc1OC(F)F. The van der Waals surface area contributed by atoms with Gasteiger partial charge in [-0.25, -0.2) is 0 Å². The van der Waals surface area contributed by atoms with E-state index in [0.717, 1.165) is 0 Å². The molecule has 20 heavy (non-hydrogen) atoms. The van der Waals surface area contributed by atoms with Gasteiger partial charge in [-0.15, -0.1) is 0 Å². The molecule has 0 bridgehead atoms. The smallest absolute Gasteiger partial charge is 0.387 e. The Labute approximate surface area is 125 Å². The Bertz CT molecular complexity index is 510. The molecule has 1 aromatic rings. The second-order valence-corrected chi connectivity index (χ2v) is 6.05. The summed E-state index contributed by atoms with van der Waals surface area (Å²) >= 11 is 3.24. The molecular weight excluding hydrogens is 332 g/mol. The van der Waals surface area contributed by atoms with Crippen LogP contribution in [0, 0.1) is 0 Å². The summed E-state index contributed by atoms with van der Waals surface area (Å²) in [6, 6.07) is 4.60. The van der Waals surface area contributed by atoms with E-state index in [-0.39, 0.29) is 17.2 Å². The first-order chi connectivity index (χ1) is 9.17. The number of alkyl halides is 2. The van der Waals surface area contributed by atoms with E-state index in [0.29, 0.717) is 10.0 Å². The highest BCUT2D eigenvalue weighted by Crippen LogP contribution is 2.25. The summed E-state index contributed by atoms with van der Waals surface area (Å²) in [6.07, 6.45) is 2.72. The summed E-state index contributed by atoms with van der Waals surface area (Å²) in [5.41, 5.74) is 0.0322. The predicted octanol–water partition coefficient (Wildman–Crippen LogP) is 3.98. The fourth-order valence-corrected chi connectivity index (χ4v) is 1.81. The third kappa shape index (κ3) is 6.14. The molecule has 0 aromatic heterocycles. The number of ether oxygens (including phenoxy) is 1. The average molecular weight is 348 g/mol. The van der Waals surface area contributed by atoms with Crippen molar-refractivity contribution in [2.24, 2.45) is 0 Å². The van der Waals surface area contributed by atoms with Gasteiger partial charge in [0.15, 0.2) is 0 Å². The minimum atomic E-state index is -2.91. The molecule has 0 fully saturated rings. The second kappa shape index (κ2) is 6.83. The van der Waals surface area contributed by atoms with Crippen LogP contribution in [0.25, 0.3) is 6.08 Å². The van der Waals surface area contributed by atoms with Crippen LogP contribution in [-0.4, -0.2) is 18.1 Å². The molecule has 110 valence electrons. The molecule has 0 saturated heterocycles. The summed E-state index contributed by atoms with van der Waals surface area (Å²) in [6.45, 7) is 2.64. The van der Waals surface area contributed by atoms with Gasteiger partial charge in [-0.1, -0.05) is 15.9 Å². The average Bonchev–Trinajstić information content (AvgIpc) is 2.26. The van der Waals surface area contributed by atoms with E-state index in [2.05, 4.69) is 26.0 Å². The van der Waals surface area contributed by atoms with Gasteiger partial charge in [-0.3, -0.25) is 4.79 Å². The summed E-state index contributed by atoms with van der Waals surface area (Å²) < 4.78 is 29.7. The fraction of sp³-hybridized carbons (Fsp3) is 0.357. The van der Waals surface area contributed by atoms with Crippen molar-refractivity contribution in [2.75, 3.05) is 0 Å². The molecule has 0 radical (unpaired) electrons. The first kappa shape index (κ1) is 16.6. The van der Waals surface area contributed by atoms with E-state index in [1.54, 1.807) is 12.1 Å². The largest absolute Gasteiger partial charge is 0.434 e. The number of carbonyl (C=O) groups excluding carboxylic acids is 1. The van der Waals surface area contributed by atoms with Crippen molar-refractivity contribution in [3.05, 3.63) is 34.3 Å². The molecule has 1 aromatic carbocycles. The number of hydrogen-bond donors (Lipinski definition) is 1. The molecule has 0 spiro atoms. The van der Waals surface area contributed by atoms with E-state index in [1.807, 2.05) is 20.8 Å². The van der Waals surface area contributed by atoms with Crippen LogP contribution in [0.15, 0.2) is 28.7 Å². The maximum absolute atomic E-state index is 12.3. The summed E-state index contributed by atoms with van der Waals surface area (Å²) in [5, 5.41) is 2.74. The Balaban J connectivity index is 2.90. The third-order valence-electron chi connectivity index (χ3n) is 2.10. The summed E-state index contributed by atoms with van der Waals surface area (Å²) in [7, 11) is 0. The van der Waals surface area contributed by atoms with Gasteiger partial charge in [0.2, 0.25) is 5.91 Å². The number of benzene rings is 1. The Morgan fingerprint density at radius 3 is 2.60 bits per heavy atom. The lowest BCUT2D eigenvalue weighted by atomic mass is 10.1. The van der Waals surface area contributed by atoms with Gasteiger partial charge in [0.1, 0.15) is 5.75 Å². The van der Waals surface area contributed by atoms with Crippen LogP contribution < -0.4 is 10.1 Å². The number of hydrogen-bond acceptors (Lipinski definition) is 2. The number of rotatable bonds is 4. The van der Waals surface area contributed by atoms with Crippen molar-refractivity contribution in [3.8, 4) is 5.75 Å². The van der Waals surface area contributed by atoms with Crippen LogP contribution in [0.1, 0.15) is 26.3 Å². The van der Waals surface area contributed by atoms with Crippen LogP contribution in [0.4, 0.5) is 8.78 Å². The van der Waals surface area contributed by atoms with Crippen molar-refractivity contribution in [3.63, 3.8) is 0 Å². The van der Waals surface area contributed by atoms with E-state index in [4.69, 9.17) is 0 Å². The van der Waals surface area contributed by atoms with E-state index in [1.165, 1.54) is 18.2 Å². The van der Waals surface area contributed by atoms with Gasteiger partial charge in [-0.2, -0.15) is 8.78 Å². The Morgan fingerprint density at radius 1 is 1.40 bits per heavy atom. The molecule has 0 aliphatic carbocycles. The first-order valence-corrected chi connectivity index (χ1v) is 6.71. The van der Waals surface area contributed by atoms with Gasteiger partial charge in [0.05, 0.1) is 0 Å². The van der Waals surface area contributed by atoms with Crippen molar-refractivity contribution in [1.29, 1.82) is 0 Å². The predicted molar refractivity (Wildman–Crippen MR) is 77.7 cm³/mol. The lowest BCUT2D eigenvalue weighted by Crippen LogP contribution is -2.39. The van der Waals surface area contributed by atoms with Gasteiger partial charge in [0, 0.05) is 21.7 Å². The normalized spacial score (nSPS) is 11.9. The van der Waals surface area contributed by atoms with Crippen molar-refractivity contribution in [1.82, 2.24) is 5.32 Å². The third-order valence-corrected chi connectivity index (χ3v) is 2.59. The Kier molecular flexibility index (Phi) is 5.68. The van der Waals surface area contributed by atoms with E-state index >= 15 is 0 Å². The van der Waals surface area contributed by atoms with Gasteiger partial charge < -0.3 is 10.1 Å². The van der Waals surface area contributed by atoms with Gasteiger partial charge in [0.25, 0.3) is 0 Å². The monoisotopic (exact) mass is 347 g/mol. The quantitative estimate of drug-likeness (QED) is 0.836. The minimum Gasteiger partial charge on any atom is -0.434 e. The maximum Gasteiger partial charge on any atom is 0.387 e. The summed E-state index contributed by atoms with van der Waals surface area (Å²) in [5.74, 6) is -0.288. The Morgan fingerprint density at radius 2 is 2.05 bits per heavy atom. The van der Waals surface area contributed by atoms with Crippen LogP contribution in [-0.2, 0) is 4.79 Å². The van der Waals surface area contributed by atoms with Gasteiger partial charge >= 0.3 is 6.61 Å². The number of amides is 1. The molecule has 3 nitrogen and oxygen atoms in total. The molecule has 1 N–H and O–H groups in total. The molecule has 1 rings (SSSR count). The molecule has 6 heteroatoms. The summed E-state index contributed by atoms with van der Waals surface area (Å²) in [4.78, 5) is 11.7. The van der Waals surface area contributed by atoms with Crippen molar-refractivity contribution >= 4 is 27.9 Å².